The van der Waals surface area contributed by atoms with Crippen LogP contribution in [0.4, 0.5) is 9.18 Å². The molecular formula is C17H27FN2O3. The van der Waals surface area contributed by atoms with E-state index in [0.717, 1.165) is 12.5 Å². The Kier molecular flexibility index (Phi) is 6.81. The lowest BCUT2D eigenvalue weighted by Gasteiger charge is -2.24. The topological polar surface area (TPSA) is 61.8 Å². The van der Waals surface area contributed by atoms with Crippen molar-refractivity contribution < 1.29 is 19.0 Å². The number of carbonyl (C=O) groups is 1. The number of halogens is 1. The Labute approximate surface area is 137 Å². The number of amides is 1. The van der Waals surface area contributed by atoms with E-state index >= 15 is 0 Å². The van der Waals surface area contributed by atoms with Crippen LogP contribution in [0.3, 0.4) is 0 Å². The Morgan fingerprint density at radius 2 is 2.09 bits per heavy atom. The standard InChI is InChI=1S/C17H27FN2O3/c1-12(14-8-7-13(21)11-15(14)18)19-9-6-10-20(5)16(22)23-17(2,3)4/h7-8,11-12,19,21H,6,9-10H2,1-5H3. The van der Waals surface area contributed by atoms with Gasteiger partial charge in [-0.2, -0.15) is 0 Å². The molecule has 0 aromatic heterocycles. The molecule has 1 atom stereocenters. The van der Waals surface area contributed by atoms with Crippen LogP contribution in [0, 0.1) is 5.82 Å². The zero-order chi connectivity index (χ0) is 17.6. The largest absolute Gasteiger partial charge is 0.508 e. The van der Waals surface area contributed by atoms with Crippen LogP contribution in [-0.4, -0.2) is 41.8 Å². The van der Waals surface area contributed by atoms with Crippen molar-refractivity contribution in [1.29, 1.82) is 0 Å². The molecule has 0 spiro atoms. The summed E-state index contributed by atoms with van der Waals surface area (Å²) in [5.41, 5.74) is -0.00240. The third kappa shape index (κ3) is 6.86. The molecule has 5 nitrogen and oxygen atoms in total. The van der Waals surface area contributed by atoms with E-state index in [-0.39, 0.29) is 17.9 Å². The van der Waals surface area contributed by atoms with E-state index in [9.17, 15) is 14.3 Å². The molecule has 1 rings (SSSR count). The zero-order valence-corrected chi connectivity index (χ0v) is 14.5. The Morgan fingerprint density at radius 3 is 2.65 bits per heavy atom. The molecule has 1 unspecified atom stereocenters. The highest BCUT2D eigenvalue weighted by Crippen LogP contribution is 2.20. The van der Waals surface area contributed by atoms with Gasteiger partial charge in [-0.1, -0.05) is 6.07 Å². The van der Waals surface area contributed by atoms with Gasteiger partial charge in [-0.15, -0.1) is 0 Å². The predicted molar refractivity (Wildman–Crippen MR) is 88.0 cm³/mol. The highest BCUT2D eigenvalue weighted by molar-refractivity contribution is 5.67. The fraction of sp³-hybridized carbons (Fsp3) is 0.588. The minimum absolute atomic E-state index is 0.0857. The summed E-state index contributed by atoms with van der Waals surface area (Å²) in [5, 5.41) is 12.4. The molecule has 1 aromatic carbocycles. The summed E-state index contributed by atoms with van der Waals surface area (Å²) in [6.07, 6.45) is 0.370. The van der Waals surface area contributed by atoms with Crippen molar-refractivity contribution in [3.63, 3.8) is 0 Å². The van der Waals surface area contributed by atoms with Crippen molar-refractivity contribution in [3.8, 4) is 5.75 Å². The molecule has 0 bridgehead atoms. The third-order valence-electron chi connectivity index (χ3n) is 3.28. The number of phenolic OH excluding ortho intramolecular Hbond substituents is 1. The fourth-order valence-corrected chi connectivity index (χ4v) is 2.04. The maximum atomic E-state index is 13.7. The van der Waals surface area contributed by atoms with Gasteiger partial charge in [-0.25, -0.2) is 9.18 Å². The van der Waals surface area contributed by atoms with Gasteiger partial charge in [0, 0.05) is 31.3 Å². The van der Waals surface area contributed by atoms with E-state index in [1.807, 2.05) is 27.7 Å². The normalized spacial score (nSPS) is 12.8. The van der Waals surface area contributed by atoms with Gasteiger partial charge in [0.2, 0.25) is 0 Å². The highest BCUT2D eigenvalue weighted by atomic mass is 19.1. The molecule has 0 aliphatic rings. The molecule has 1 aromatic rings. The summed E-state index contributed by atoms with van der Waals surface area (Å²) in [6, 6.07) is 3.95. The van der Waals surface area contributed by atoms with Crippen molar-refractivity contribution in [1.82, 2.24) is 10.2 Å². The third-order valence-corrected chi connectivity index (χ3v) is 3.28. The first kappa shape index (κ1) is 19.2. The molecule has 2 N–H and O–H groups in total. The maximum Gasteiger partial charge on any atom is 0.410 e. The van der Waals surface area contributed by atoms with E-state index < -0.39 is 11.4 Å². The van der Waals surface area contributed by atoms with Gasteiger partial charge >= 0.3 is 6.09 Å². The predicted octanol–water partition coefficient (Wildman–Crippen LogP) is 3.44. The van der Waals surface area contributed by atoms with Gasteiger partial charge in [0.1, 0.15) is 17.2 Å². The number of carbonyl (C=O) groups excluding carboxylic acids is 1. The molecule has 0 saturated carbocycles. The summed E-state index contributed by atoms with van der Waals surface area (Å²) >= 11 is 0. The van der Waals surface area contributed by atoms with Crippen molar-refractivity contribution >= 4 is 6.09 Å². The maximum absolute atomic E-state index is 13.7. The molecule has 23 heavy (non-hydrogen) atoms. The Morgan fingerprint density at radius 1 is 1.43 bits per heavy atom. The van der Waals surface area contributed by atoms with E-state index in [1.54, 1.807) is 13.1 Å². The monoisotopic (exact) mass is 326 g/mol. The summed E-state index contributed by atoms with van der Waals surface area (Å²) in [7, 11) is 1.69. The molecule has 0 fully saturated rings. The van der Waals surface area contributed by atoms with Crippen molar-refractivity contribution in [2.75, 3.05) is 20.1 Å². The van der Waals surface area contributed by atoms with Crippen LogP contribution in [0.5, 0.6) is 5.75 Å². The van der Waals surface area contributed by atoms with Crippen LogP contribution < -0.4 is 5.32 Å². The Balaban J connectivity index is 2.35. The highest BCUT2D eigenvalue weighted by Gasteiger charge is 2.19. The molecule has 130 valence electrons. The van der Waals surface area contributed by atoms with Crippen molar-refractivity contribution in [2.45, 2.75) is 45.8 Å². The van der Waals surface area contributed by atoms with Gasteiger partial charge in [0.15, 0.2) is 0 Å². The number of benzene rings is 1. The molecule has 6 heteroatoms. The number of nitrogens with zero attached hydrogens (tertiary/aromatic N) is 1. The lowest BCUT2D eigenvalue weighted by Crippen LogP contribution is -2.35. The van der Waals surface area contributed by atoms with Gasteiger partial charge in [-0.05, 0) is 46.7 Å². The second-order valence-electron chi connectivity index (χ2n) is 6.64. The van der Waals surface area contributed by atoms with Gasteiger partial charge in [0.25, 0.3) is 0 Å². The second kappa shape index (κ2) is 8.15. The van der Waals surface area contributed by atoms with Crippen LogP contribution in [0.15, 0.2) is 18.2 Å². The van der Waals surface area contributed by atoms with Crippen LogP contribution >= 0.6 is 0 Å². The van der Waals surface area contributed by atoms with E-state index in [0.29, 0.717) is 18.7 Å². The van der Waals surface area contributed by atoms with Gasteiger partial charge < -0.3 is 20.1 Å². The first-order chi connectivity index (χ1) is 10.6. The SMILES string of the molecule is CC(NCCCN(C)C(=O)OC(C)(C)C)c1ccc(O)cc1F. The molecule has 0 aliphatic carbocycles. The molecule has 0 aliphatic heterocycles. The Bertz CT molecular complexity index is 529. The lowest BCUT2D eigenvalue weighted by molar-refractivity contribution is 0.0297. The first-order valence-corrected chi connectivity index (χ1v) is 7.76. The lowest BCUT2D eigenvalue weighted by atomic mass is 10.1. The van der Waals surface area contributed by atoms with E-state index in [4.69, 9.17) is 4.74 Å². The van der Waals surface area contributed by atoms with Crippen LogP contribution in [0.1, 0.15) is 45.7 Å². The first-order valence-electron chi connectivity index (χ1n) is 7.76. The van der Waals surface area contributed by atoms with Crippen LogP contribution in [-0.2, 0) is 4.74 Å². The second-order valence-corrected chi connectivity index (χ2v) is 6.64. The molecule has 0 radical (unpaired) electrons. The van der Waals surface area contributed by atoms with Crippen molar-refractivity contribution in [3.05, 3.63) is 29.6 Å². The summed E-state index contributed by atoms with van der Waals surface area (Å²) < 4.78 is 19.0. The van der Waals surface area contributed by atoms with Crippen LogP contribution in [0.25, 0.3) is 0 Å². The van der Waals surface area contributed by atoms with Gasteiger partial charge in [0.05, 0.1) is 0 Å². The minimum Gasteiger partial charge on any atom is -0.508 e. The summed E-state index contributed by atoms with van der Waals surface area (Å²) in [4.78, 5) is 13.3. The number of nitrogens with one attached hydrogen (secondary N) is 1. The summed E-state index contributed by atoms with van der Waals surface area (Å²) in [6.45, 7) is 8.52. The number of rotatable bonds is 6. The average molecular weight is 326 g/mol. The molecule has 0 heterocycles. The number of hydrogen-bond acceptors (Lipinski definition) is 4. The molecule has 1 amide bonds. The molecule has 0 saturated heterocycles. The van der Waals surface area contributed by atoms with Gasteiger partial charge in [-0.3, -0.25) is 0 Å². The summed E-state index contributed by atoms with van der Waals surface area (Å²) in [5.74, 6) is -0.520. The minimum atomic E-state index is -0.505. The Hall–Kier alpha value is -1.82. The number of ether oxygens (including phenoxy) is 1. The quantitative estimate of drug-likeness (QED) is 0.786. The van der Waals surface area contributed by atoms with E-state index in [1.165, 1.54) is 11.0 Å². The number of hydrogen-bond donors (Lipinski definition) is 2. The number of phenols is 1. The fourth-order valence-electron chi connectivity index (χ4n) is 2.04. The molecular weight excluding hydrogens is 299 g/mol. The average Bonchev–Trinajstić information content (AvgIpc) is 2.41. The zero-order valence-electron chi connectivity index (χ0n) is 14.5. The van der Waals surface area contributed by atoms with Crippen LogP contribution in [0.2, 0.25) is 0 Å². The van der Waals surface area contributed by atoms with E-state index in [2.05, 4.69) is 5.32 Å². The smallest absolute Gasteiger partial charge is 0.410 e. The number of aromatic hydroxyl groups is 1. The van der Waals surface area contributed by atoms with Crippen molar-refractivity contribution in [2.24, 2.45) is 0 Å².